The lowest BCUT2D eigenvalue weighted by atomic mass is 10.1. The molecule has 1 aromatic heterocycles. The first-order valence-electron chi connectivity index (χ1n) is 11.4. The van der Waals surface area contributed by atoms with Crippen molar-refractivity contribution >= 4 is 48.0 Å². The molecule has 1 aromatic rings. The molecule has 21 nitrogen and oxygen atoms in total. The third-order valence-electron chi connectivity index (χ3n) is 5.42. The third-order valence-corrected chi connectivity index (χ3v) is 12.3. The second-order valence-corrected chi connectivity index (χ2v) is 17.3. The summed E-state index contributed by atoms with van der Waals surface area (Å²) in [4.78, 5) is 84.7. The Morgan fingerprint density at radius 3 is 2.22 bits per heavy atom. The first-order chi connectivity index (χ1) is 18.6. The summed E-state index contributed by atoms with van der Waals surface area (Å²) < 4.78 is 63.3. The summed E-state index contributed by atoms with van der Waals surface area (Å²) >= 11 is 0. The summed E-state index contributed by atoms with van der Waals surface area (Å²) in [6.45, 7) is 2.16. The smallest absolute Gasteiger partial charge is 0.340 e. The summed E-state index contributed by atoms with van der Waals surface area (Å²) in [7, 11) is -20.3. The molecule has 2 aliphatic heterocycles. The molecular weight excluding hydrogens is 642 g/mol. The van der Waals surface area contributed by atoms with E-state index < -0.39 is 97.4 Å². The molecule has 0 saturated carbocycles. The van der Waals surface area contributed by atoms with Gasteiger partial charge < -0.3 is 59.7 Å². The Morgan fingerprint density at radius 2 is 1.66 bits per heavy atom. The van der Waals surface area contributed by atoms with E-state index in [4.69, 9.17) is 28.8 Å². The Balaban J connectivity index is 1.93. The predicted octanol–water partition coefficient (Wildman–Crippen LogP) is -1.60. The normalized spacial score (nSPS) is 27.9. The van der Waals surface area contributed by atoms with Crippen molar-refractivity contribution in [3.8, 4) is 0 Å². The van der Waals surface area contributed by atoms with Crippen LogP contribution in [0.2, 0.25) is 0 Å². The number of fused-ring (bicyclic) bond motifs is 1. The minimum absolute atomic E-state index is 0.160. The van der Waals surface area contributed by atoms with Crippen molar-refractivity contribution in [3.05, 3.63) is 12.0 Å². The zero-order valence-corrected chi connectivity index (χ0v) is 24.7. The van der Waals surface area contributed by atoms with Gasteiger partial charge in [-0.15, -0.1) is 0 Å². The van der Waals surface area contributed by atoms with Crippen LogP contribution in [0.3, 0.4) is 0 Å². The maximum absolute atomic E-state index is 12.6. The molecule has 2 aliphatic rings. The molecule has 0 aliphatic carbocycles. The van der Waals surface area contributed by atoms with Crippen molar-refractivity contribution in [2.45, 2.75) is 44.7 Å². The predicted molar refractivity (Wildman–Crippen MR) is 134 cm³/mol. The number of nitrogens with one attached hydrogen (secondary N) is 3. The number of hydrogen-bond acceptors (Lipinski definition) is 12. The van der Waals surface area contributed by atoms with E-state index in [1.807, 2.05) is 0 Å². The number of aliphatic hydroxyl groups is 1. The molecule has 1 fully saturated rings. The Hall–Kier alpha value is -1.53. The van der Waals surface area contributed by atoms with Crippen LogP contribution in [0, 0.1) is 5.92 Å². The van der Waals surface area contributed by atoms with Crippen LogP contribution in [-0.4, -0.2) is 98.8 Å². The second kappa shape index (κ2) is 12.2. The molecule has 0 radical (unpaired) electrons. The molecule has 3 rings (SSSR count). The van der Waals surface area contributed by atoms with Crippen molar-refractivity contribution in [3.63, 3.8) is 0 Å². The van der Waals surface area contributed by atoms with Crippen LogP contribution in [0.4, 0.5) is 5.82 Å². The monoisotopic (exact) mass is 671 g/mol. The van der Waals surface area contributed by atoms with Gasteiger partial charge >= 0.3 is 30.4 Å². The number of hydrogen-bond donors (Lipinski definition) is 10. The fraction of sp³-hybridized carbons (Fsp3) is 0.688. The SMILES string of the molecule is CC(C)C(=O)NC1NC(=O)c2ncn(C3OC(COP(=O)(O)CP(=O)(O)O)C(O)C3OP(=O)(O)CP(=O)(O)O)c2N1. The lowest BCUT2D eigenvalue weighted by molar-refractivity contribution is -0.124. The quantitative estimate of drug-likeness (QED) is 0.112. The Bertz CT molecular complexity index is 1360. The molecule has 234 valence electrons. The maximum Gasteiger partial charge on any atom is 0.340 e. The van der Waals surface area contributed by atoms with E-state index in [2.05, 4.69) is 25.5 Å². The number of rotatable bonds is 12. The van der Waals surface area contributed by atoms with Gasteiger partial charge in [0, 0.05) is 5.92 Å². The average Bonchev–Trinajstić information content (AvgIpc) is 3.30. The van der Waals surface area contributed by atoms with E-state index in [9.17, 15) is 42.7 Å². The van der Waals surface area contributed by atoms with Gasteiger partial charge in [-0.1, -0.05) is 13.8 Å². The third kappa shape index (κ3) is 9.23. The fourth-order valence-corrected chi connectivity index (χ4v) is 9.04. The second-order valence-electron chi connectivity index (χ2n) is 9.37. The van der Waals surface area contributed by atoms with Gasteiger partial charge in [0.25, 0.3) is 5.91 Å². The highest BCUT2D eigenvalue weighted by Crippen LogP contribution is 2.58. The van der Waals surface area contributed by atoms with Crippen LogP contribution in [0.1, 0.15) is 30.6 Å². The van der Waals surface area contributed by atoms with Gasteiger partial charge in [0.1, 0.15) is 24.1 Å². The first kappa shape index (κ1) is 34.0. The zero-order chi connectivity index (χ0) is 31.1. The molecule has 0 spiro atoms. The highest BCUT2D eigenvalue weighted by atomic mass is 31.2. The van der Waals surface area contributed by atoms with Gasteiger partial charge in [-0.05, 0) is 0 Å². The van der Waals surface area contributed by atoms with Crippen molar-refractivity contribution in [2.24, 2.45) is 5.92 Å². The van der Waals surface area contributed by atoms with Crippen molar-refractivity contribution in [2.75, 3.05) is 23.7 Å². The summed E-state index contributed by atoms with van der Waals surface area (Å²) in [5, 5.41) is 18.5. The van der Waals surface area contributed by atoms with Crippen LogP contribution in [0.15, 0.2) is 6.33 Å². The van der Waals surface area contributed by atoms with E-state index in [0.29, 0.717) is 0 Å². The number of aliphatic hydroxyl groups excluding tert-OH is 1. The minimum Gasteiger partial charge on any atom is -0.387 e. The maximum atomic E-state index is 12.6. The molecule has 0 aromatic carbocycles. The van der Waals surface area contributed by atoms with Crippen molar-refractivity contribution in [1.29, 1.82) is 0 Å². The van der Waals surface area contributed by atoms with Crippen molar-refractivity contribution < 1.29 is 76.1 Å². The lowest BCUT2D eigenvalue weighted by Crippen LogP contribution is -2.56. The van der Waals surface area contributed by atoms with Gasteiger partial charge in [0.2, 0.25) is 5.91 Å². The van der Waals surface area contributed by atoms with E-state index in [-0.39, 0.29) is 11.5 Å². The largest absolute Gasteiger partial charge is 0.387 e. The summed E-state index contributed by atoms with van der Waals surface area (Å²) in [5.41, 5.74) is -0.263. The van der Waals surface area contributed by atoms with Gasteiger partial charge in [-0.2, -0.15) is 0 Å². The standard InChI is InChI=1S/C16H29N5O16P4/c1-7(2)13(23)19-16-18-12-9(14(24)20-16)17-4-21(12)15-11(37-41(33,34)6-39(28,29)30)10(22)8(36-15)3-35-40(31,32)5-38(25,26)27/h4,7-8,10-11,15-16,18,22H,3,5-6H2,1-2H3,(H,19,23)(H,20,24)(H,31,32)(H,33,34)(H2,25,26,27)(H2,28,29,30). The molecule has 10 N–H and O–H groups in total. The topological polar surface area (TPSA) is 326 Å². The molecule has 2 amide bonds. The number of amides is 2. The molecule has 25 heteroatoms. The zero-order valence-electron chi connectivity index (χ0n) is 21.2. The highest BCUT2D eigenvalue weighted by molar-refractivity contribution is 7.70. The number of anilines is 1. The first-order valence-corrected chi connectivity index (χ1v) is 18.5. The van der Waals surface area contributed by atoms with Gasteiger partial charge in [0.05, 0.1) is 12.9 Å². The van der Waals surface area contributed by atoms with E-state index >= 15 is 0 Å². The van der Waals surface area contributed by atoms with Crippen LogP contribution in [0.5, 0.6) is 0 Å². The number of imidazole rings is 1. The molecule has 0 bridgehead atoms. The Kier molecular flexibility index (Phi) is 10.1. The summed E-state index contributed by atoms with van der Waals surface area (Å²) in [5.74, 6) is -5.12. The fourth-order valence-electron chi connectivity index (χ4n) is 3.73. The van der Waals surface area contributed by atoms with Gasteiger partial charge in [0.15, 0.2) is 30.0 Å². The van der Waals surface area contributed by atoms with E-state index in [1.54, 1.807) is 13.8 Å². The highest BCUT2D eigenvalue weighted by Gasteiger charge is 2.51. The minimum atomic E-state index is -5.17. The molecule has 1 saturated heterocycles. The van der Waals surface area contributed by atoms with Crippen molar-refractivity contribution in [1.82, 2.24) is 20.2 Å². The molecule has 3 heterocycles. The lowest BCUT2D eigenvalue weighted by Gasteiger charge is -2.30. The number of nitrogens with zero attached hydrogens (tertiary/aromatic N) is 2. The van der Waals surface area contributed by atoms with Crippen LogP contribution in [0.25, 0.3) is 0 Å². The average molecular weight is 671 g/mol. The summed E-state index contributed by atoms with van der Waals surface area (Å²) in [6, 6.07) is 0. The Morgan fingerprint density at radius 1 is 1.07 bits per heavy atom. The molecule has 41 heavy (non-hydrogen) atoms. The van der Waals surface area contributed by atoms with Crippen LogP contribution >= 0.6 is 30.4 Å². The van der Waals surface area contributed by atoms with Crippen LogP contribution in [-0.2, 0) is 36.8 Å². The molecule has 7 atom stereocenters. The number of aromatic nitrogens is 2. The number of ether oxygens (including phenoxy) is 1. The van der Waals surface area contributed by atoms with Crippen LogP contribution < -0.4 is 16.0 Å². The summed E-state index contributed by atoms with van der Waals surface area (Å²) in [6.07, 6.45) is -7.59. The molecule has 7 unspecified atom stereocenters. The van der Waals surface area contributed by atoms with Gasteiger partial charge in [-0.25, -0.2) is 4.98 Å². The van der Waals surface area contributed by atoms with Gasteiger partial charge in [-0.3, -0.25) is 36.9 Å². The molecular formula is C16H29N5O16P4. The number of carbonyl (C=O) groups excluding carboxylic acids is 2. The van der Waals surface area contributed by atoms with E-state index in [1.165, 1.54) is 0 Å². The Labute approximate surface area is 231 Å². The van der Waals surface area contributed by atoms with E-state index in [0.717, 1.165) is 10.9 Å². The number of carbonyl (C=O) groups is 2.